The Morgan fingerprint density at radius 2 is 1.62 bits per heavy atom. The molecule has 1 rings (SSSR count). The van der Waals surface area contributed by atoms with E-state index < -0.39 is 29.2 Å². The van der Waals surface area contributed by atoms with E-state index in [-0.39, 0.29) is 24.1 Å². The lowest BCUT2D eigenvalue weighted by atomic mass is 10.1. The average Bonchev–Trinajstić information content (AvgIpc) is 2.46. The van der Waals surface area contributed by atoms with Gasteiger partial charge in [-0.1, -0.05) is 0 Å². The van der Waals surface area contributed by atoms with Gasteiger partial charge in [0, 0.05) is 18.8 Å². The van der Waals surface area contributed by atoms with E-state index in [9.17, 15) is 26.3 Å². The molecular formula is C14H13F6N3S. The molecule has 132 valence electrons. The highest BCUT2D eigenvalue weighted by molar-refractivity contribution is 7.80. The molecule has 0 bridgehead atoms. The molecule has 24 heavy (non-hydrogen) atoms. The van der Waals surface area contributed by atoms with Crippen molar-refractivity contribution in [2.75, 3.05) is 18.4 Å². The van der Waals surface area contributed by atoms with Gasteiger partial charge in [0.25, 0.3) is 0 Å². The van der Waals surface area contributed by atoms with Crippen molar-refractivity contribution in [1.29, 1.82) is 5.26 Å². The molecular weight excluding hydrogens is 356 g/mol. The van der Waals surface area contributed by atoms with Crippen LogP contribution < -0.4 is 5.32 Å². The van der Waals surface area contributed by atoms with E-state index in [2.05, 4.69) is 5.32 Å². The predicted molar refractivity (Wildman–Crippen MR) is 80.1 cm³/mol. The molecule has 0 spiro atoms. The highest BCUT2D eigenvalue weighted by atomic mass is 32.1. The Morgan fingerprint density at radius 1 is 1.12 bits per heavy atom. The van der Waals surface area contributed by atoms with Crippen molar-refractivity contribution in [3.63, 3.8) is 0 Å². The first-order valence-corrected chi connectivity index (χ1v) is 7.12. The SMILES string of the molecule is CCN(CCC#N)C(=S)Nc1cc(C(F)(F)F)cc(C(F)(F)F)c1. The van der Waals surface area contributed by atoms with Crippen LogP contribution >= 0.6 is 12.2 Å². The fourth-order valence-electron chi connectivity index (χ4n) is 1.82. The van der Waals surface area contributed by atoms with Gasteiger partial charge in [-0.25, -0.2) is 0 Å². The molecule has 0 heterocycles. The van der Waals surface area contributed by atoms with Crippen LogP contribution in [0.15, 0.2) is 18.2 Å². The second-order valence-corrected chi connectivity index (χ2v) is 5.10. The molecule has 0 aliphatic rings. The van der Waals surface area contributed by atoms with Crippen molar-refractivity contribution < 1.29 is 26.3 Å². The number of halogens is 6. The molecule has 0 saturated carbocycles. The topological polar surface area (TPSA) is 39.1 Å². The van der Waals surface area contributed by atoms with Gasteiger partial charge >= 0.3 is 12.4 Å². The van der Waals surface area contributed by atoms with Gasteiger partial charge in [-0.15, -0.1) is 0 Å². The van der Waals surface area contributed by atoms with Crippen LogP contribution in [0.3, 0.4) is 0 Å². The minimum Gasteiger partial charge on any atom is -0.348 e. The van der Waals surface area contributed by atoms with E-state index in [1.807, 2.05) is 6.07 Å². The average molecular weight is 369 g/mol. The number of anilines is 1. The summed E-state index contributed by atoms with van der Waals surface area (Å²) < 4.78 is 76.7. The smallest absolute Gasteiger partial charge is 0.348 e. The van der Waals surface area contributed by atoms with Crippen LogP contribution in [0.2, 0.25) is 0 Å². The third-order valence-electron chi connectivity index (χ3n) is 3.00. The molecule has 1 aromatic rings. The van der Waals surface area contributed by atoms with Crippen molar-refractivity contribution >= 4 is 23.0 Å². The predicted octanol–water partition coefficient (Wildman–Crippen LogP) is 4.66. The summed E-state index contributed by atoms with van der Waals surface area (Å²) in [6.07, 6.45) is -9.73. The van der Waals surface area contributed by atoms with E-state index in [1.165, 1.54) is 4.90 Å². The summed E-state index contributed by atoms with van der Waals surface area (Å²) in [6.45, 7) is 2.25. The summed E-state index contributed by atoms with van der Waals surface area (Å²) in [7, 11) is 0. The summed E-state index contributed by atoms with van der Waals surface area (Å²) >= 11 is 4.99. The molecule has 0 aliphatic heterocycles. The van der Waals surface area contributed by atoms with Gasteiger partial charge in [-0.2, -0.15) is 31.6 Å². The molecule has 0 radical (unpaired) electrons. The van der Waals surface area contributed by atoms with Crippen molar-refractivity contribution in [2.45, 2.75) is 25.7 Å². The Kier molecular flexibility index (Phi) is 6.42. The van der Waals surface area contributed by atoms with E-state index in [4.69, 9.17) is 17.5 Å². The number of hydrogen-bond acceptors (Lipinski definition) is 2. The van der Waals surface area contributed by atoms with E-state index in [0.717, 1.165) is 0 Å². The molecule has 0 saturated heterocycles. The summed E-state index contributed by atoms with van der Waals surface area (Å²) in [5, 5.41) is 10.9. The Bertz CT molecular complexity index is 601. The second kappa shape index (κ2) is 7.70. The van der Waals surface area contributed by atoms with Crippen molar-refractivity contribution in [3.8, 4) is 6.07 Å². The summed E-state index contributed by atoms with van der Waals surface area (Å²) in [6, 6.07) is 3.04. The molecule has 0 fully saturated rings. The maximum absolute atomic E-state index is 12.8. The lowest BCUT2D eigenvalue weighted by Gasteiger charge is -2.24. The largest absolute Gasteiger partial charge is 0.416 e. The standard InChI is InChI=1S/C14H13F6N3S/c1-2-23(5-3-4-21)12(24)22-11-7-9(13(15,16)17)6-10(8-11)14(18,19)20/h6-8H,2-3,5H2,1H3,(H,22,24). The minimum atomic E-state index is -4.93. The Morgan fingerprint density at radius 3 is 2.00 bits per heavy atom. The molecule has 10 heteroatoms. The molecule has 0 atom stereocenters. The van der Waals surface area contributed by atoms with Gasteiger partial charge in [0.05, 0.1) is 23.6 Å². The highest BCUT2D eigenvalue weighted by Crippen LogP contribution is 2.37. The minimum absolute atomic E-state index is 0.0432. The Balaban J connectivity index is 3.14. The quantitative estimate of drug-likeness (QED) is 0.619. The van der Waals surface area contributed by atoms with Crippen LogP contribution in [-0.4, -0.2) is 23.1 Å². The molecule has 3 nitrogen and oxygen atoms in total. The van der Waals surface area contributed by atoms with Gasteiger partial charge in [-0.05, 0) is 37.3 Å². The van der Waals surface area contributed by atoms with E-state index in [0.29, 0.717) is 18.7 Å². The number of thiocarbonyl (C=S) groups is 1. The Labute approximate surface area is 139 Å². The van der Waals surface area contributed by atoms with Crippen molar-refractivity contribution in [1.82, 2.24) is 4.90 Å². The first-order chi connectivity index (χ1) is 11.0. The monoisotopic (exact) mass is 369 g/mol. The first-order valence-electron chi connectivity index (χ1n) is 6.71. The third kappa shape index (κ3) is 5.56. The van der Waals surface area contributed by atoms with Crippen LogP contribution in [-0.2, 0) is 12.4 Å². The molecule has 0 unspecified atom stereocenters. The van der Waals surface area contributed by atoms with Crippen LogP contribution in [0.1, 0.15) is 24.5 Å². The van der Waals surface area contributed by atoms with Crippen LogP contribution in [0.5, 0.6) is 0 Å². The molecule has 0 aliphatic carbocycles. The van der Waals surface area contributed by atoms with E-state index in [1.54, 1.807) is 6.92 Å². The lowest BCUT2D eigenvalue weighted by Crippen LogP contribution is -2.35. The number of nitrogens with zero attached hydrogens (tertiary/aromatic N) is 2. The molecule has 1 aromatic carbocycles. The number of alkyl halides is 6. The zero-order valence-electron chi connectivity index (χ0n) is 12.4. The number of nitrogens with one attached hydrogen (secondary N) is 1. The third-order valence-corrected chi connectivity index (χ3v) is 3.36. The van der Waals surface area contributed by atoms with Crippen LogP contribution in [0, 0.1) is 11.3 Å². The number of benzene rings is 1. The fourth-order valence-corrected chi connectivity index (χ4v) is 2.16. The second-order valence-electron chi connectivity index (χ2n) is 4.71. The summed E-state index contributed by atoms with van der Waals surface area (Å²) in [4.78, 5) is 1.46. The highest BCUT2D eigenvalue weighted by Gasteiger charge is 2.37. The molecule has 1 N–H and O–H groups in total. The maximum Gasteiger partial charge on any atom is 0.416 e. The lowest BCUT2D eigenvalue weighted by molar-refractivity contribution is -0.143. The zero-order chi connectivity index (χ0) is 18.5. The summed E-state index contributed by atoms with van der Waals surface area (Å²) in [5.74, 6) is 0. The fraction of sp³-hybridized carbons (Fsp3) is 0.429. The number of hydrogen-bond donors (Lipinski definition) is 1. The van der Waals surface area contributed by atoms with E-state index >= 15 is 0 Å². The molecule has 0 aromatic heterocycles. The van der Waals surface area contributed by atoms with Gasteiger partial charge in [0.1, 0.15) is 0 Å². The van der Waals surface area contributed by atoms with Gasteiger partial charge < -0.3 is 10.2 Å². The van der Waals surface area contributed by atoms with Crippen LogP contribution in [0.25, 0.3) is 0 Å². The van der Waals surface area contributed by atoms with Crippen molar-refractivity contribution in [3.05, 3.63) is 29.3 Å². The maximum atomic E-state index is 12.8. The first kappa shape index (κ1) is 20.0. The van der Waals surface area contributed by atoms with Gasteiger partial charge in [0.2, 0.25) is 0 Å². The number of nitriles is 1. The normalized spacial score (nSPS) is 11.8. The van der Waals surface area contributed by atoms with Gasteiger partial charge in [0.15, 0.2) is 5.11 Å². The Hall–Kier alpha value is -2.02. The van der Waals surface area contributed by atoms with Crippen molar-refractivity contribution in [2.24, 2.45) is 0 Å². The zero-order valence-corrected chi connectivity index (χ0v) is 13.2. The summed E-state index contributed by atoms with van der Waals surface area (Å²) in [5.41, 5.74) is -3.28. The van der Waals surface area contributed by atoms with Crippen LogP contribution in [0.4, 0.5) is 32.0 Å². The van der Waals surface area contributed by atoms with Gasteiger partial charge in [-0.3, -0.25) is 0 Å². The number of rotatable bonds is 4. The molecule has 0 amide bonds.